The van der Waals surface area contributed by atoms with Crippen molar-refractivity contribution in [2.24, 2.45) is 0 Å². The number of benzene rings is 1. The molecule has 26 heavy (non-hydrogen) atoms. The number of likely N-dealkylation sites (tertiary alicyclic amines) is 1. The van der Waals surface area contributed by atoms with Gasteiger partial charge in [0.2, 0.25) is 0 Å². The van der Waals surface area contributed by atoms with Gasteiger partial charge in [-0.25, -0.2) is 13.8 Å². The fourth-order valence-corrected chi connectivity index (χ4v) is 3.39. The van der Waals surface area contributed by atoms with Crippen molar-refractivity contribution >= 4 is 5.91 Å². The van der Waals surface area contributed by atoms with Crippen molar-refractivity contribution in [1.29, 1.82) is 0 Å². The van der Waals surface area contributed by atoms with E-state index in [1.165, 1.54) is 12.8 Å². The third kappa shape index (κ3) is 4.64. The van der Waals surface area contributed by atoms with Crippen molar-refractivity contribution in [3.8, 4) is 0 Å². The molecule has 138 valence electrons. The summed E-state index contributed by atoms with van der Waals surface area (Å²) in [4.78, 5) is 18.3. The highest BCUT2D eigenvalue weighted by molar-refractivity contribution is 5.92. The maximum atomic E-state index is 13.8. The highest BCUT2D eigenvalue weighted by Crippen LogP contribution is 2.23. The van der Waals surface area contributed by atoms with Gasteiger partial charge in [-0.2, -0.15) is 0 Å². The van der Waals surface area contributed by atoms with Crippen LogP contribution in [0.25, 0.3) is 0 Å². The smallest absolute Gasteiger partial charge is 0.273 e. The van der Waals surface area contributed by atoms with Crippen LogP contribution in [0.15, 0.2) is 42.6 Å². The lowest BCUT2D eigenvalue weighted by molar-refractivity contribution is 0.0923. The maximum Gasteiger partial charge on any atom is 0.273 e. The summed E-state index contributed by atoms with van der Waals surface area (Å²) in [5.74, 6) is -2.38. The Kier molecular flexibility index (Phi) is 6.28. The number of nitrogens with one attached hydrogen (secondary N) is 1. The van der Waals surface area contributed by atoms with E-state index < -0.39 is 17.5 Å². The molecule has 0 saturated carbocycles. The van der Waals surface area contributed by atoms with Gasteiger partial charge in [-0.1, -0.05) is 43.2 Å². The lowest BCUT2D eigenvalue weighted by Crippen LogP contribution is -2.39. The molecule has 1 fully saturated rings. The average Bonchev–Trinajstić information content (AvgIpc) is 2.92. The van der Waals surface area contributed by atoms with Gasteiger partial charge < -0.3 is 5.32 Å². The van der Waals surface area contributed by atoms with Gasteiger partial charge in [-0.15, -0.1) is 0 Å². The summed E-state index contributed by atoms with van der Waals surface area (Å²) in [6, 6.07) is 10.7. The molecular weight excluding hydrogens is 336 g/mol. The minimum Gasteiger partial charge on any atom is -0.349 e. The molecule has 1 saturated heterocycles. The van der Waals surface area contributed by atoms with Gasteiger partial charge in [0.25, 0.3) is 5.91 Å². The summed E-state index contributed by atoms with van der Waals surface area (Å²) in [6.45, 7) is 2.29. The van der Waals surface area contributed by atoms with Crippen LogP contribution in [0.2, 0.25) is 0 Å². The minimum absolute atomic E-state index is 0.0155. The van der Waals surface area contributed by atoms with Crippen molar-refractivity contribution in [1.82, 2.24) is 15.2 Å². The van der Waals surface area contributed by atoms with Crippen LogP contribution in [0, 0.1) is 11.6 Å². The highest BCUT2D eigenvalue weighted by atomic mass is 19.1. The van der Waals surface area contributed by atoms with E-state index in [1.54, 1.807) is 0 Å². The molecule has 1 aromatic heterocycles. The lowest BCUT2D eigenvalue weighted by Gasteiger charge is -2.31. The molecule has 0 spiro atoms. The Balaban J connectivity index is 1.74. The number of nitrogens with zero attached hydrogens (tertiary/aromatic N) is 2. The van der Waals surface area contributed by atoms with Crippen molar-refractivity contribution in [2.45, 2.75) is 31.7 Å². The Morgan fingerprint density at radius 1 is 1.12 bits per heavy atom. The number of pyridine rings is 1. The van der Waals surface area contributed by atoms with E-state index in [1.807, 2.05) is 30.3 Å². The summed E-state index contributed by atoms with van der Waals surface area (Å²) in [5, 5.41) is 2.77. The second-order valence-corrected chi connectivity index (χ2v) is 6.57. The number of carbonyl (C=O) groups is 1. The van der Waals surface area contributed by atoms with Crippen molar-refractivity contribution in [2.75, 3.05) is 19.6 Å². The number of hydrogen-bond donors (Lipinski definition) is 1. The minimum atomic E-state index is -0.950. The average molecular weight is 359 g/mol. The summed E-state index contributed by atoms with van der Waals surface area (Å²) in [7, 11) is 0. The molecule has 1 aromatic carbocycles. The summed E-state index contributed by atoms with van der Waals surface area (Å²) >= 11 is 0. The third-order valence-electron chi connectivity index (χ3n) is 4.74. The fourth-order valence-electron chi connectivity index (χ4n) is 3.39. The topological polar surface area (TPSA) is 45.2 Å². The largest absolute Gasteiger partial charge is 0.349 e. The molecule has 2 heterocycles. The van der Waals surface area contributed by atoms with E-state index in [0.717, 1.165) is 37.7 Å². The summed E-state index contributed by atoms with van der Waals surface area (Å²) < 4.78 is 26.8. The van der Waals surface area contributed by atoms with Crippen LogP contribution < -0.4 is 5.32 Å². The first-order chi connectivity index (χ1) is 12.6. The molecule has 1 aliphatic rings. The number of halogens is 2. The number of hydrogen-bond acceptors (Lipinski definition) is 3. The molecule has 3 rings (SSSR count). The van der Waals surface area contributed by atoms with Crippen LogP contribution in [-0.2, 0) is 0 Å². The van der Waals surface area contributed by atoms with E-state index in [-0.39, 0.29) is 11.7 Å². The quantitative estimate of drug-likeness (QED) is 0.885. The Labute approximate surface area is 152 Å². The molecule has 1 N–H and O–H groups in total. The van der Waals surface area contributed by atoms with Crippen molar-refractivity contribution in [3.05, 3.63) is 65.5 Å². The van der Waals surface area contributed by atoms with Gasteiger partial charge in [0.15, 0.2) is 11.5 Å². The SMILES string of the molecule is O=C(NCC(c1ccccc1)N1CCCCCC1)c1ncc(F)cc1F. The molecule has 4 nitrogen and oxygen atoms in total. The zero-order chi connectivity index (χ0) is 18.4. The van der Waals surface area contributed by atoms with Gasteiger partial charge in [0.1, 0.15) is 5.82 Å². The fraction of sp³-hybridized carbons (Fsp3) is 0.400. The molecule has 1 atom stereocenters. The van der Waals surface area contributed by atoms with E-state index >= 15 is 0 Å². The standard InChI is InChI=1S/C20H23F2N3O/c21-16-12-17(22)19(23-13-16)20(26)24-14-18(15-8-4-3-5-9-15)25-10-6-1-2-7-11-25/h3-5,8-9,12-13,18H,1-2,6-7,10-11,14H2,(H,24,26). The Bertz CT molecular complexity index is 731. The van der Waals surface area contributed by atoms with Crippen LogP contribution >= 0.6 is 0 Å². The third-order valence-corrected chi connectivity index (χ3v) is 4.74. The van der Waals surface area contributed by atoms with Crippen LogP contribution in [0.3, 0.4) is 0 Å². The first-order valence-electron chi connectivity index (χ1n) is 9.03. The molecule has 0 bridgehead atoms. The molecule has 2 aromatic rings. The molecule has 1 aliphatic heterocycles. The van der Waals surface area contributed by atoms with Gasteiger partial charge in [0, 0.05) is 12.6 Å². The molecule has 6 heteroatoms. The Hall–Kier alpha value is -2.34. The van der Waals surface area contributed by atoms with Crippen LogP contribution in [-0.4, -0.2) is 35.4 Å². The number of amides is 1. The first-order valence-corrected chi connectivity index (χ1v) is 9.03. The van der Waals surface area contributed by atoms with Crippen molar-refractivity contribution in [3.63, 3.8) is 0 Å². The number of carbonyl (C=O) groups excluding carboxylic acids is 1. The van der Waals surface area contributed by atoms with E-state index in [9.17, 15) is 13.6 Å². The predicted octanol–water partition coefficient (Wildman–Crippen LogP) is 3.71. The molecule has 1 amide bonds. The molecule has 1 unspecified atom stereocenters. The molecule has 0 aliphatic carbocycles. The first kappa shape index (κ1) is 18.5. The lowest BCUT2D eigenvalue weighted by atomic mass is 10.0. The van der Waals surface area contributed by atoms with Gasteiger partial charge in [0.05, 0.1) is 12.2 Å². The van der Waals surface area contributed by atoms with E-state index in [4.69, 9.17) is 0 Å². The van der Waals surface area contributed by atoms with E-state index in [2.05, 4.69) is 15.2 Å². The number of aromatic nitrogens is 1. The second-order valence-electron chi connectivity index (χ2n) is 6.57. The van der Waals surface area contributed by atoms with Crippen molar-refractivity contribution < 1.29 is 13.6 Å². The molecular formula is C20H23F2N3O. The van der Waals surface area contributed by atoms with Crippen LogP contribution in [0.4, 0.5) is 8.78 Å². The summed E-state index contributed by atoms with van der Waals surface area (Å²) in [5.41, 5.74) is 0.733. The van der Waals surface area contributed by atoms with Crippen LogP contribution in [0.1, 0.15) is 47.8 Å². The van der Waals surface area contributed by atoms with Gasteiger partial charge in [-0.05, 0) is 31.5 Å². The normalized spacial score (nSPS) is 16.7. The predicted molar refractivity (Wildman–Crippen MR) is 95.7 cm³/mol. The van der Waals surface area contributed by atoms with Crippen LogP contribution in [0.5, 0.6) is 0 Å². The molecule has 0 radical (unpaired) electrons. The van der Waals surface area contributed by atoms with E-state index in [0.29, 0.717) is 12.6 Å². The monoisotopic (exact) mass is 359 g/mol. The maximum absolute atomic E-state index is 13.8. The Morgan fingerprint density at radius 2 is 1.81 bits per heavy atom. The van der Waals surface area contributed by atoms with Gasteiger partial charge >= 0.3 is 0 Å². The number of rotatable bonds is 5. The summed E-state index contributed by atoms with van der Waals surface area (Å²) in [6.07, 6.45) is 5.54. The zero-order valence-corrected chi connectivity index (χ0v) is 14.6. The zero-order valence-electron chi connectivity index (χ0n) is 14.6. The Morgan fingerprint density at radius 3 is 2.46 bits per heavy atom. The van der Waals surface area contributed by atoms with Gasteiger partial charge in [-0.3, -0.25) is 9.69 Å². The highest BCUT2D eigenvalue weighted by Gasteiger charge is 2.23. The second kappa shape index (κ2) is 8.85.